The lowest BCUT2D eigenvalue weighted by atomic mass is 9.93. The summed E-state index contributed by atoms with van der Waals surface area (Å²) in [7, 11) is 0. The molecule has 142 valence electrons. The molecule has 2 aliphatic heterocycles. The SMILES string of the molecule is CC(=O)O[C@H]1c2c(cc(C)c(Br)c2C)N2Cc3c(cc(C)c(Br)c3C)N1C2. The molecule has 2 aromatic rings. The van der Waals surface area contributed by atoms with Crippen LogP contribution < -0.4 is 9.80 Å². The molecule has 0 unspecified atom stereocenters. The lowest BCUT2D eigenvalue weighted by molar-refractivity contribution is -0.147. The highest BCUT2D eigenvalue weighted by Gasteiger charge is 2.40. The molecule has 0 N–H and O–H groups in total. The van der Waals surface area contributed by atoms with Crippen molar-refractivity contribution in [1.29, 1.82) is 0 Å². The van der Waals surface area contributed by atoms with Gasteiger partial charge in [-0.05, 0) is 67.6 Å². The van der Waals surface area contributed by atoms with E-state index in [1.807, 2.05) is 0 Å². The van der Waals surface area contributed by atoms with Gasteiger partial charge in [0.2, 0.25) is 6.23 Å². The van der Waals surface area contributed by atoms with E-state index in [0.29, 0.717) is 6.67 Å². The second-order valence-corrected chi connectivity index (χ2v) is 9.05. The summed E-state index contributed by atoms with van der Waals surface area (Å²) >= 11 is 7.44. The minimum Gasteiger partial charge on any atom is -0.437 e. The highest BCUT2D eigenvalue weighted by molar-refractivity contribution is 9.10. The first-order valence-electron chi connectivity index (χ1n) is 8.97. The molecular formula is C21H22Br2N2O2. The molecular weight excluding hydrogens is 472 g/mol. The monoisotopic (exact) mass is 492 g/mol. The van der Waals surface area contributed by atoms with Gasteiger partial charge in [0, 0.05) is 39.4 Å². The van der Waals surface area contributed by atoms with E-state index in [9.17, 15) is 4.79 Å². The van der Waals surface area contributed by atoms with Crippen molar-refractivity contribution in [3.8, 4) is 0 Å². The van der Waals surface area contributed by atoms with Crippen LogP contribution in [0.15, 0.2) is 21.1 Å². The summed E-state index contributed by atoms with van der Waals surface area (Å²) in [5.74, 6) is -0.270. The minimum absolute atomic E-state index is 0.270. The van der Waals surface area contributed by atoms with Crippen molar-refractivity contribution in [3.05, 3.63) is 54.5 Å². The van der Waals surface area contributed by atoms with E-state index in [1.165, 1.54) is 29.2 Å². The number of hydrogen-bond acceptors (Lipinski definition) is 4. The second-order valence-electron chi connectivity index (χ2n) is 7.47. The van der Waals surface area contributed by atoms with Crippen LogP contribution in [0.2, 0.25) is 0 Å². The number of carbonyl (C=O) groups excluding carboxylic acids is 1. The van der Waals surface area contributed by atoms with Crippen molar-refractivity contribution in [3.63, 3.8) is 0 Å². The number of aryl methyl sites for hydroxylation is 2. The van der Waals surface area contributed by atoms with Gasteiger partial charge in [0.1, 0.15) is 0 Å². The largest absolute Gasteiger partial charge is 0.437 e. The topological polar surface area (TPSA) is 32.8 Å². The van der Waals surface area contributed by atoms with E-state index >= 15 is 0 Å². The predicted molar refractivity (Wildman–Crippen MR) is 115 cm³/mol. The number of halogens is 2. The highest BCUT2D eigenvalue weighted by atomic mass is 79.9. The number of anilines is 2. The standard InChI is InChI=1S/C21H22Br2N2O2/c1-10-6-16-15(12(3)19(10)22)8-24-9-25(16)21(27-14(5)26)18-13(4)20(23)11(2)7-17(18)24/h6-7,21H,8-9H2,1-5H3/t21-/m0/s1. The van der Waals surface area contributed by atoms with Crippen LogP contribution in [0.4, 0.5) is 11.4 Å². The first kappa shape index (κ1) is 18.8. The fourth-order valence-corrected chi connectivity index (χ4v) is 4.94. The third-order valence-electron chi connectivity index (χ3n) is 5.63. The van der Waals surface area contributed by atoms with Gasteiger partial charge in [-0.1, -0.05) is 31.9 Å². The Morgan fingerprint density at radius 1 is 1.04 bits per heavy atom. The van der Waals surface area contributed by atoms with Gasteiger partial charge in [-0.3, -0.25) is 4.79 Å². The number of nitrogens with zero attached hydrogens (tertiary/aromatic N) is 2. The van der Waals surface area contributed by atoms with Crippen molar-refractivity contribution in [2.45, 2.75) is 47.4 Å². The van der Waals surface area contributed by atoms with E-state index in [4.69, 9.17) is 4.74 Å². The molecule has 2 aromatic carbocycles. The summed E-state index contributed by atoms with van der Waals surface area (Å²) < 4.78 is 8.10. The van der Waals surface area contributed by atoms with E-state index in [1.54, 1.807) is 0 Å². The molecule has 0 saturated heterocycles. The van der Waals surface area contributed by atoms with Gasteiger partial charge < -0.3 is 14.5 Å². The Bertz CT molecular complexity index is 987. The molecule has 1 atom stereocenters. The lowest BCUT2D eigenvalue weighted by Gasteiger charge is -2.49. The summed E-state index contributed by atoms with van der Waals surface area (Å²) in [6, 6.07) is 4.40. The normalized spacial score (nSPS) is 17.5. The van der Waals surface area contributed by atoms with Crippen LogP contribution >= 0.6 is 31.9 Å². The summed E-state index contributed by atoms with van der Waals surface area (Å²) in [5.41, 5.74) is 9.39. The Morgan fingerprint density at radius 3 is 2.26 bits per heavy atom. The molecule has 0 amide bonds. The third kappa shape index (κ3) is 2.80. The van der Waals surface area contributed by atoms with Gasteiger partial charge in [-0.25, -0.2) is 0 Å². The molecule has 0 aromatic heterocycles. The number of benzene rings is 2. The first-order valence-corrected chi connectivity index (χ1v) is 10.6. The number of carbonyl (C=O) groups is 1. The molecule has 4 rings (SSSR count). The predicted octanol–water partition coefficient (Wildman–Crippen LogP) is 5.80. The average molecular weight is 494 g/mol. The zero-order valence-corrected chi connectivity index (χ0v) is 19.3. The molecule has 4 nitrogen and oxygen atoms in total. The summed E-state index contributed by atoms with van der Waals surface area (Å²) in [6.07, 6.45) is -0.426. The number of ether oxygens (including phenoxy) is 1. The molecule has 0 aliphatic carbocycles. The summed E-state index contributed by atoms with van der Waals surface area (Å²) in [6.45, 7) is 11.5. The highest BCUT2D eigenvalue weighted by Crippen LogP contribution is 2.49. The van der Waals surface area contributed by atoms with E-state index in [-0.39, 0.29) is 5.97 Å². The zero-order valence-electron chi connectivity index (χ0n) is 16.1. The van der Waals surface area contributed by atoms with Crippen molar-refractivity contribution >= 4 is 49.2 Å². The Balaban J connectivity index is 1.99. The van der Waals surface area contributed by atoms with Crippen LogP contribution in [-0.2, 0) is 16.1 Å². The lowest BCUT2D eigenvalue weighted by Crippen LogP contribution is -2.50. The van der Waals surface area contributed by atoms with Gasteiger partial charge in [0.25, 0.3) is 0 Å². The van der Waals surface area contributed by atoms with Crippen LogP contribution in [0.25, 0.3) is 0 Å². The van der Waals surface area contributed by atoms with Crippen molar-refractivity contribution in [2.75, 3.05) is 16.5 Å². The van der Waals surface area contributed by atoms with Crippen molar-refractivity contribution in [1.82, 2.24) is 0 Å². The number of hydrogen-bond donors (Lipinski definition) is 0. The third-order valence-corrected chi connectivity index (χ3v) is 8.07. The maximum absolute atomic E-state index is 12.0. The number of rotatable bonds is 1. The summed E-state index contributed by atoms with van der Waals surface area (Å²) in [5, 5.41) is 0. The zero-order chi connectivity index (χ0) is 19.6. The molecule has 0 spiro atoms. The number of fused-ring (bicyclic) bond motifs is 6. The molecule has 2 aliphatic rings. The molecule has 6 heteroatoms. The van der Waals surface area contributed by atoms with Crippen LogP contribution in [0.3, 0.4) is 0 Å². The summed E-state index contributed by atoms with van der Waals surface area (Å²) in [4.78, 5) is 16.6. The minimum atomic E-state index is -0.426. The molecule has 0 saturated carbocycles. The molecule has 27 heavy (non-hydrogen) atoms. The molecule has 2 bridgehead atoms. The van der Waals surface area contributed by atoms with E-state index < -0.39 is 6.23 Å². The van der Waals surface area contributed by atoms with E-state index in [0.717, 1.165) is 38.0 Å². The van der Waals surface area contributed by atoms with Crippen molar-refractivity contribution in [2.24, 2.45) is 0 Å². The maximum Gasteiger partial charge on any atom is 0.304 e. The molecule has 2 heterocycles. The average Bonchev–Trinajstić information content (AvgIpc) is 2.61. The fourth-order valence-electron chi connectivity index (χ4n) is 4.26. The fraction of sp³-hybridized carbons (Fsp3) is 0.381. The van der Waals surface area contributed by atoms with Gasteiger partial charge in [-0.15, -0.1) is 0 Å². The van der Waals surface area contributed by atoms with Crippen molar-refractivity contribution < 1.29 is 9.53 Å². The quantitative estimate of drug-likeness (QED) is 0.469. The smallest absolute Gasteiger partial charge is 0.304 e. The van der Waals surface area contributed by atoms with Crippen LogP contribution in [0.1, 0.15) is 46.5 Å². The van der Waals surface area contributed by atoms with Crippen LogP contribution in [-0.4, -0.2) is 12.6 Å². The second kappa shape index (κ2) is 6.52. The van der Waals surface area contributed by atoms with Gasteiger partial charge in [0.15, 0.2) is 0 Å². The first-order chi connectivity index (χ1) is 12.7. The van der Waals surface area contributed by atoms with Gasteiger partial charge in [-0.2, -0.15) is 0 Å². The van der Waals surface area contributed by atoms with Gasteiger partial charge >= 0.3 is 5.97 Å². The Kier molecular flexibility index (Phi) is 4.54. The Morgan fingerprint density at radius 2 is 1.63 bits per heavy atom. The molecule has 0 radical (unpaired) electrons. The Labute approximate surface area is 176 Å². The van der Waals surface area contributed by atoms with Crippen LogP contribution in [0, 0.1) is 27.7 Å². The Hall–Kier alpha value is -1.53. The van der Waals surface area contributed by atoms with Crippen LogP contribution in [0.5, 0.6) is 0 Å². The molecule has 0 fully saturated rings. The van der Waals surface area contributed by atoms with E-state index in [2.05, 4.69) is 81.5 Å². The van der Waals surface area contributed by atoms with Gasteiger partial charge in [0.05, 0.1) is 6.67 Å². The number of esters is 1. The maximum atomic E-state index is 12.0.